The van der Waals surface area contributed by atoms with E-state index in [1.165, 1.54) is 0 Å². The van der Waals surface area contributed by atoms with Crippen LogP contribution in [0.4, 0.5) is 0 Å². The molecule has 0 saturated heterocycles. The fourth-order valence-corrected chi connectivity index (χ4v) is 0.338. The molecule has 4 nitrogen and oxygen atoms in total. The van der Waals surface area contributed by atoms with Gasteiger partial charge in [0.2, 0.25) is 5.96 Å². The van der Waals surface area contributed by atoms with Crippen LogP contribution in [0.25, 0.3) is 0 Å². The molecule has 0 radical (unpaired) electrons. The molecule has 0 bridgehead atoms. The number of rotatable bonds is 1. The van der Waals surface area contributed by atoms with Gasteiger partial charge in [0.25, 0.3) is 0 Å². The van der Waals surface area contributed by atoms with Crippen LogP contribution in [0.15, 0.2) is 4.99 Å². The number of nitrogens with two attached hydrogens (primary N) is 1. The Balaban J connectivity index is 4.03. The third-order valence-electron chi connectivity index (χ3n) is 1.26. The molecule has 0 aromatic carbocycles. The van der Waals surface area contributed by atoms with Crippen LogP contribution in [0, 0.1) is 11.3 Å². The zero-order valence-corrected chi connectivity index (χ0v) is 6.60. The van der Waals surface area contributed by atoms with Crippen molar-refractivity contribution >= 4 is 11.7 Å². The van der Waals surface area contributed by atoms with Crippen molar-refractivity contribution in [3.63, 3.8) is 0 Å². The van der Waals surface area contributed by atoms with Crippen LogP contribution in [0.5, 0.6) is 0 Å². The molecule has 0 aliphatic carbocycles. The Morgan fingerprint density at radius 2 is 2.10 bits per heavy atom. The number of aliphatic imine (C=N–C) groups is 1. The molecule has 0 rings (SSSR count). The molecule has 0 aliphatic heterocycles. The van der Waals surface area contributed by atoms with Gasteiger partial charge in [-0.15, -0.1) is 0 Å². The average Bonchev–Trinajstić information content (AvgIpc) is 1.87. The summed E-state index contributed by atoms with van der Waals surface area (Å²) in [5.41, 5.74) is 3.05. The SMILES string of the molecule is CC(=NC(=N)NN)C(C)C. The third-order valence-corrected chi connectivity index (χ3v) is 1.26. The first-order valence-corrected chi connectivity index (χ1v) is 3.18. The molecule has 0 amide bonds. The highest BCUT2D eigenvalue weighted by atomic mass is 15.3. The Morgan fingerprint density at radius 3 is 2.40 bits per heavy atom. The van der Waals surface area contributed by atoms with E-state index in [4.69, 9.17) is 11.3 Å². The molecule has 0 unspecified atom stereocenters. The van der Waals surface area contributed by atoms with E-state index in [9.17, 15) is 0 Å². The lowest BCUT2D eigenvalue weighted by Gasteiger charge is -2.03. The molecule has 0 heterocycles. The second kappa shape index (κ2) is 4.00. The monoisotopic (exact) mass is 142 g/mol. The quantitative estimate of drug-likeness (QED) is 0.216. The number of nitrogens with zero attached hydrogens (tertiary/aromatic N) is 1. The highest BCUT2D eigenvalue weighted by Gasteiger charge is 1.97. The predicted octanol–water partition coefficient (Wildman–Crippen LogP) is 0.501. The van der Waals surface area contributed by atoms with Gasteiger partial charge in [-0.25, -0.2) is 10.8 Å². The first kappa shape index (κ1) is 9.10. The second-order valence-electron chi connectivity index (χ2n) is 2.40. The maximum atomic E-state index is 7.04. The summed E-state index contributed by atoms with van der Waals surface area (Å²) in [6, 6.07) is 0. The maximum Gasteiger partial charge on any atom is 0.229 e. The van der Waals surface area contributed by atoms with Crippen molar-refractivity contribution < 1.29 is 0 Å². The van der Waals surface area contributed by atoms with Crippen LogP contribution < -0.4 is 11.3 Å². The Morgan fingerprint density at radius 1 is 1.60 bits per heavy atom. The minimum Gasteiger partial charge on any atom is -0.293 e. The summed E-state index contributed by atoms with van der Waals surface area (Å²) >= 11 is 0. The largest absolute Gasteiger partial charge is 0.293 e. The van der Waals surface area contributed by atoms with Crippen molar-refractivity contribution in [3.05, 3.63) is 0 Å². The summed E-state index contributed by atoms with van der Waals surface area (Å²) < 4.78 is 0. The van der Waals surface area contributed by atoms with Gasteiger partial charge in [-0.3, -0.25) is 10.8 Å². The summed E-state index contributed by atoms with van der Waals surface area (Å²) in [5.74, 6) is 5.31. The summed E-state index contributed by atoms with van der Waals surface area (Å²) in [7, 11) is 0. The van der Waals surface area contributed by atoms with Gasteiger partial charge in [-0.2, -0.15) is 0 Å². The molecule has 0 atom stereocenters. The molecule has 0 fully saturated rings. The van der Waals surface area contributed by atoms with Crippen LogP contribution in [-0.2, 0) is 0 Å². The Kier molecular flexibility index (Phi) is 3.64. The van der Waals surface area contributed by atoms with Crippen LogP contribution in [0.3, 0.4) is 0 Å². The molecule has 0 aromatic rings. The van der Waals surface area contributed by atoms with Crippen molar-refractivity contribution in [1.29, 1.82) is 5.41 Å². The van der Waals surface area contributed by atoms with Crippen molar-refractivity contribution in [2.45, 2.75) is 20.8 Å². The van der Waals surface area contributed by atoms with E-state index in [0.29, 0.717) is 5.92 Å². The molecule has 4 heteroatoms. The fourth-order valence-electron chi connectivity index (χ4n) is 0.338. The topological polar surface area (TPSA) is 74.3 Å². The summed E-state index contributed by atoms with van der Waals surface area (Å²) in [5, 5.41) is 7.04. The second-order valence-corrected chi connectivity index (χ2v) is 2.40. The summed E-state index contributed by atoms with van der Waals surface area (Å²) in [4.78, 5) is 3.86. The number of hydrazine groups is 1. The van der Waals surface area contributed by atoms with Gasteiger partial charge in [0.15, 0.2) is 0 Å². The van der Waals surface area contributed by atoms with Crippen molar-refractivity contribution in [2.24, 2.45) is 16.8 Å². The van der Waals surface area contributed by atoms with Gasteiger partial charge in [0.05, 0.1) is 0 Å². The lowest BCUT2D eigenvalue weighted by molar-refractivity contribution is 0.875. The highest BCUT2D eigenvalue weighted by Crippen LogP contribution is 1.95. The van der Waals surface area contributed by atoms with Crippen LogP contribution in [0.1, 0.15) is 20.8 Å². The van der Waals surface area contributed by atoms with Crippen molar-refractivity contribution in [1.82, 2.24) is 5.43 Å². The molecule has 10 heavy (non-hydrogen) atoms. The van der Waals surface area contributed by atoms with E-state index >= 15 is 0 Å². The highest BCUT2D eigenvalue weighted by molar-refractivity contribution is 5.95. The number of hydrogen-bond donors (Lipinski definition) is 3. The third kappa shape index (κ3) is 3.19. The number of nitrogens with one attached hydrogen (secondary N) is 2. The molecule has 0 aliphatic rings. The number of hydrogen-bond acceptors (Lipinski definition) is 2. The maximum absolute atomic E-state index is 7.04. The Labute approximate surface area is 61.0 Å². The molecular weight excluding hydrogens is 128 g/mol. The van der Waals surface area contributed by atoms with Crippen molar-refractivity contribution in [2.75, 3.05) is 0 Å². The van der Waals surface area contributed by atoms with Gasteiger partial charge < -0.3 is 0 Å². The van der Waals surface area contributed by atoms with E-state index in [2.05, 4.69) is 10.4 Å². The summed E-state index contributed by atoms with van der Waals surface area (Å²) in [6.07, 6.45) is 0. The molecule has 0 saturated carbocycles. The molecular formula is C6H14N4. The summed E-state index contributed by atoms with van der Waals surface area (Å²) in [6.45, 7) is 5.90. The predicted molar refractivity (Wildman–Crippen MR) is 43.0 cm³/mol. The lowest BCUT2D eigenvalue weighted by Crippen LogP contribution is -2.28. The molecule has 4 N–H and O–H groups in total. The first-order chi connectivity index (χ1) is 4.57. The Hall–Kier alpha value is -0.900. The van der Waals surface area contributed by atoms with Gasteiger partial charge in [0.1, 0.15) is 0 Å². The van der Waals surface area contributed by atoms with Crippen molar-refractivity contribution in [3.8, 4) is 0 Å². The van der Waals surface area contributed by atoms with Gasteiger partial charge in [-0.1, -0.05) is 13.8 Å². The van der Waals surface area contributed by atoms with Crippen LogP contribution in [-0.4, -0.2) is 11.7 Å². The van der Waals surface area contributed by atoms with Gasteiger partial charge in [0, 0.05) is 5.71 Å². The zero-order valence-electron chi connectivity index (χ0n) is 6.60. The average molecular weight is 142 g/mol. The van der Waals surface area contributed by atoms with E-state index in [-0.39, 0.29) is 5.96 Å². The molecule has 0 aromatic heterocycles. The molecule has 58 valence electrons. The Bertz CT molecular complexity index is 148. The fraction of sp³-hybridized carbons (Fsp3) is 0.667. The van der Waals surface area contributed by atoms with Crippen LogP contribution in [0.2, 0.25) is 0 Å². The standard InChI is InChI=1S/C6H14N4/c1-4(2)5(3)9-6(7)10-8/h4H,8H2,1-3H3,(H2,7,10). The zero-order chi connectivity index (χ0) is 8.15. The van der Waals surface area contributed by atoms with Gasteiger partial charge in [-0.05, 0) is 12.8 Å². The van der Waals surface area contributed by atoms with Crippen LogP contribution >= 0.6 is 0 Å². The normalized spacial score (nSPS) is 11.9. The van der Waals surface area contributed by atoms with E-state index in [0.717, 1.165) is 5.71 Å². The van der Waals surface area contributed by atoms with E-state index in [1.54, 1.807) is 0 Å². The minimum atomic E-state index is 0.00574. The van der Waals surface area contributed by atoms with E-state index in [1.807, 2.05) is 20.8 Å². The lowest BCUT2D eigenvalue weighted by atomic mass is 10.1. The van der Waals surface area contributed by atoms with Gasteiger partial charge >= 0.3 is 0 Å². The minimum absolute atomic E-state index is 0.00574. The smallest absolute Gasteiger partial charge is 0.229 e. The van der Waals surface area contributed by atoms with E-state index < -0.39 is 0 Å². The molecule has 0 spiro atoms. The first-order valence-electron chi connectivity index (χ1n) is 3.18. The number of guanidine groups is 1.